The molecule has 1 fully saturated rings. The van der Waals surface area contributed by atoms with E-state index in [0.717, 1.165) is 17.5 Å². The first-order valence-corrected chi connectivity index (χ1v) is 11.4. The Morgan fingerprint density at radius 2 is 1.70 bits per heavy atom. The van der Waals surface area contributed by atoms with Crippen LogP contribution >= 0.6 is 0 Å². The van der Waals surface area contributed by atoms with Gasteiger partial charge in [0.05, 0.1) is 6.04 Å². The lowest BCUT2D eigenvalue weighted by atomic mass is 9.85. The maximum absolute atomic E-state index is 13.5. The van der Waals surface area contributed by atoms with Gasteiger partial charge >= 0.3 is 6.09 Å². The second-order valence-corrected chi connectivity index (χ2v) is 10.6. The van der Waals surface area contributed by atoms with E-state index in [9.17, 15) is 14.4 Å². The molecule has 0 aliphatic carbocycles. The van der Waals surface area contributed by atoms with Crippen molar-refractivity contribution in [3.63, 3.8) is 0 Å². The van der Waals surface area contributed by atoms with E-state index < -0.39 is 29.2 Å². The molecular weight excluding hydrogens is 418 g/mol. The topological polar surface area (TPSA) is 87.7 Å². The minimum atomic E-state index is -0.825. The SMILES string of the molecule is C#Cc1ccc(C(C)NC(=O)C2CCCN2C(=O)C(NC(=O)OC(C)(C)C)C(C)(C)C)cc1. The van der Waals surface area contributed by atoms with Crippen LogP contribution in [0.1, 0.15) is 78.5 Å². The van der Waals surface area contributed by atoms with Crippen LogP contribution in [0.15, 0.2) is 24.3 Å². The highest BCUT2D eigenvalue weighted by Gasteiger charge is 2.42. The molecular formula is C26H37N3O4. The minimum Gasteiger partial charge on any atom is -0.444 e. The fourth-order valence-corrected chi connectivity index (χ4v) is 3.80. The van der Waals surface area contributed by atoms with Gasteiger partial charge in [-0.1, -0.05) is 38.8 Å². The number of carbonyl (C=O) groups is 3. The van der Waals surface area contributed by atoms with Crippen molar-refractivity contribution in [3.05, 3.63) is 35.4 Å². The summed E-state index contributed by atoms with van der Waals surface area (Å²) in [6.07, 6.45) is 6.05. The van der Waals surface area contributed by atoms with Crippen LogP contribution < -0.4 is 10.6 Å². The zero-order chi connectivity index (χ0) is 25.0. The third-order valence-corrected chi connectivity index (χ3v) is 5.55. The van der Waals surface area contributed by atoms with Crippen LogP contribution in [0.25, 0.3) is 0 Å². The minimum absolute atomic E-state index is 0.209. The van der Waals surface area contributed by atoms with Crippen LogP contribution in [0.5, 0.6) is 0 Å². The summed E-state index contributed by atoms with van der Waals surface area (Å²) in [5.74, 6) is 2.09. The number of alkyl carbamates (subject to hydrolysis) is 1. The van der Waals surface area contributed by atoms with Gasteiger partial charge in [0.1, 0.15) is 17.7 Å². The van der Waals surface area contributed by atoms with Crippen LogP contribution in [-0.4, -0.2) is 47.0 Å². The molecule has 7 nitrogen and oxygen atoms in total. The Hall–Kier alpha value is -3.01. The predicted molar refractivity (Wildman–Crippen MR) is 128 cm³/mol. The second-order valence-electron chi connectivity index (χ2n) is 10.6. The highest BCUT2D eigenvalue weighted by Crippen LogP contribution is 2.27. The van der Waals surface area contributed by atoms with Gasteiger partial charge in [-0.15, -0.1) is 6.42 Å². The fourth-order valence-electron chi connectivity index (χ4n) is 3.80. The Morgan fingerprint density at radius 1 is 1.09 bits per heavy atom. The zero-order valence-corrected chi connectivity index (χ0v) is 20.8. The normalized spacial score (nSPS) is 18.1. The first-order valence-electron chi connectivity index (χ1n) is 11.4. The van der Waals surface area contributed by atoms with Crippen LogP contribution in [0.2, 0.25) is 0 Å². The van der Waals surface area contributed by atoms with Crippen LogP contribution in [0, 0.1) is 17.8 Å². The standard InChI is InChI=1S/C26H37N3O4/c1-9-18-12-14-19(15-13-18)17(2)27-22(30)20-11-10-16-29(20)23(31)21(25(3,4)5)28-24(32)33-26(6,7)8/h1,12-15,17,20-21H,10-11,16H2,2-8H3,(H,27,30)(H,28,32). The molecule has 0 spiro atoms. The Kier molecular flexibility index (Phi) is 8.18. The predicted octanol–water partition coefficient (Wildman–Crippen LogP) is 3.78. The van der Waals surface area contributed by atoms with Gasteiger partial charge in [-0.05, 0) is 63.6 Å². The lowest BCUT2D eigenvalue weighted by Crippen LogP contribution is -2.58. The molecule has 0 bridgehead atoms. The lowest BCUT2D eigenvalue weighted by molar-refractivity contribution is -0.142. The van der Waals surface area contributed by atoms with Gasteiger partial charge in [0, 0.05) is 12.1 Å². The number of terminal acetylenes is 1. The van der Waals surface area contributed by atoms with E-state index in [2.05, 4.69) is 16.6 Å². The van der Waals surface area contributed by atoms with Gasteiger partial charge < -0.3 is 20.3 Å². The molecule has 0 aromatic heterocycles. The lowest BCUT2D eigenvalue weighted by Gasteiger charge is -2.36. The number of benzene rings is 1. The van der Waals surface area contributed by atoms with E-state index in [1.807, 2.05) is 52.0 Å². The van der Waals surface area contributed by atoms with E-state index in [-0.39, 0.29) is 17.9 Å². The molecule has 0 radical (unpaired) electrons. The van der Waals surface area contributed by atoms with Gasteiger partial charge in [0.2, 0.25) is 11.8 Å². The molecule has 0 saturated carbocycles. The number of hydrogen-bond donors (Lipinski definition) is 2. The number of nitrogens with one attached hydrogen (secondary N) is 2. The summed E-state index contributed by atoms with van der Waals surface area (Å²) < 4.78 is 5.36. The summed E-state index contributed by atoms with van der Waals surface area (Å²) in [6.45, 7) is 13.3. The number of carbonyl (C=O) groups excluding carboxylic acids is 3. The average Bonchev–Trinajstić information content (AvgIpc) is 3.19. The van der Waals surface area contributed by atoms with Crippen molar-refractivity contribution in [1.29, 1.82) is 0 Å². The van der Waals surface area contributed by atoms with Crippen LogP contribution in [0.4, 0.5) is 4.79 Å². The van der Waals surface area contributed by atoms with Gasteiger partial charge in [0.15, 0.2) is 0 Å². The first kappa shape index (κ1) is 26.2. The molecule has 1 saturated heterocycles. The molecule has 180 valence electrons. The van der Waals surface area contributed by atoms with E-state index in [1.54, 1.807) is 25.7 Å². The third kappa shape index (κ3) is 7.24. The largest absolute Gasteiger partial charge is 0.444 e. The fraction of sp³-hybridized carbons (Fsp3) is 0.577. The molecule has 3 unspecified atom stereocenters. The summed E-state index contributed by atoms with van der Waals surface area (Å²) in [6, 6.07) is 5.79. The molecule has 3 atom stereocenters. The van der Waals surface area contributed by atoms with Crippen LogP contribution in [0.3, 0.4) is 0 Å². The van der Waals surface area contributed by atoms with Crippen molar-refractivity contribution < 1.29 is 19.1 Å². The molecule has 1 aromatic rings. The number of rotatable bonds is 5. The molecule has 2 N–H and O–H groups in total. The highest BCUT2D eigenvalue weighted by atomic mass is 16.6. The molecule has 1 heterocycles. The molecule has 1 aromatic carbocycles. The van der Waals surface area contributed by atoms with Gasteiger partial charge in [-0.25, -0.2) is 4.79 Å². The van der Waals surface area contributed by atoms with E-state index in [4.69, 9.17) is 11.2 Å². The smallest absolute Gasteiger partial charge is 0.408 e. The Labute approximate surface area is 197 Å². The number of likely N-dealkylation sites (tertiary alicyclic amines) is 1. The number of hydrogen-bond acceptors (Lipinski definition) is 4. The number of nitrogens with zero attached hydrogens (tertiary/aromatic N) is 1. The van der Waals surface area contributed by atoms with Gasteiger partial charge in [0.25, 0.3) is 0 Å². The highest BCUT2D eigenvalue weighted by molar-refractivity contribution is 5.92. The van der Waals surface area contributed by atoms with Crippen LogP contribution in [-0.2, 0) is 14.3 Å². The first-order chi connectivity index (χ1) is 15.2. The van der Waals surface area contributed by atoms with Crippen molar-refractivity contribution in [2.45, 2.75) is 85.0 Å². The molecule has 3 amide bonds. The summed E-state index contributed by atoms with van der Waals surface area (Å²) in [5.41, 5.74) is 0.456. The Bertz CT molecular complexity index is 903. The van der Waals surface area contributed by atoms with Crippen molar-refractivity contribution in [1.82, 2.24) is 15.5 Å². The Balaban J connectivity index is 2.13. The monoisotopic (exact) mass is 455 g/mol. The second kappa shape index (κ2) is 10.3. The summed E-state index contributed by atoms with van der Waals surface area (Å²) in [4.78, 5) is 40.6. The van der Waals surface area contributed by atoms with Crippen molar-refractivity contribution >= 4 is 17.9 Å². The van der Waals surface area contributed by atoms with Crippen molar-refractivity contribution in [2.75, 3.05) is 6.54 Å². The zero-order valence-electron chi connectivity index (χ0n) is 20.8. The van der Waals surface area contributed by atoms with E-state index >= 15 is 0 Å². The summed E-state index contributed by atoms with van der Waals surface area (Å²) in [5, 5.41) is 5.74. The molecule has 2 rings (SSSR count). The maximum Gasteiger partial charge on any atom is 0.408 e. The molecule has 33 heavy (non-hydrogen) atoms. The third-order valence-electron chi connectivity index (χ3n) is 5.55. The maximum atomic E-state index is 13.5. The summed E-state index contributed by atoms with van der Waals surface area (Å²) in [7, 11) is 0. The number of amides is 3. The quantitative estimate of drug-likeness (QED) is 0.662. The van der Waals surface area contributed by atoms with Gasteiger partial charge in [-0.3, -0.25) is 9.59 Å². The van der Waals surface area contributed by atoms with Crippen molar-refractivity contribution in [3.8, 4) is 12.3 Å². The Morgan fingerprint density at radius 3 is 2.21 bits per heavy atom. The molecule has 1 aliphatic rings. The van der Waals surface area contributed by atoms with Crippen molar-refractivity contribution in [2.24, 2.45) is 5.41 Å². The molecule has 1 aliphatic heterocycles. The van der Waals surface area contributed by atoms with E-state index in [1.165, 1.54) is 0 Å². The molecule has 7 heteroatoms. The average molecular weight is 456 g/mol. The van der Waals surface area contributed by atoms with Gasteiger partial charge in [-0.2, -0.15) is 0 Å². The summed E-state index contributed by atoms with van der Waals surface area (Å²) >= 11 is 0. The van der Waals surface area contributed by atoms with E-state index in [0.29, 0.717) is 13.0 Å². The number of ether oxygens (including phenoxy) is 1.